The van der Waals surface area contributed by atoms with Gasteiger partial charge in [-0.05, 0) is 37.0 Å². The molecule has 2 aliphatic rings. The summed E-state index contributed by atoms with van der Waals surface area (Å²) in [6, 6.07) is 5.65. The molecule has 1 saturated carbocycles. The molecule has 0 aromatic heterocycles. The Kier molecular flexibility index (Phi) is 5.26. The minimum Gasteiger partial charge on any atom is -0.341 e. The quantitative estimate of drug-likeness (QED) is 0.916. The minimum absolute atomic E-state index is 0.0245. The van der Waals surface area contributed by atoms with Crippen LogP contribution in [0.2, 0.25) is 0 Å². The second-order valence-corrected chi connectivity index (χ2v) is 7.68. The molecule has 4 nitrogen and oxygen atoms in total. The monoisotopic (exact) mass is 332 g/mol. The van der Waals surface area contributed by atoms with Crippen molar-refractivity contribution in [3.8, 4) is 0 Å². The van der Waals surface area contributed by atoms with Crippen LogP contribution in [0.3, 0.4) is 0 Å². The summed E-state index contributed by atoms with van der Waals surface area (Å²) in [6.45, 7) is 0.830. The molecule has 1 heterocycles. The molecule has 1 aromatic carbocycles. The van der Waals surface area contributed by atoms with E-state index >= 15 is 0 Å². The Morgan fingerprint density at radius 2 is 2.09 bits per heavy atom. The third-order valence-electron chi connectivity index (χ3n) is 4.69. The van der Waals surface area contributed by atoms with Gasteiger partial charge in [0, 0.05) is 36.2 Å². The Balaban J connectivity index is 1.70. The second-order valence-electron chi connectivity index (χ2n) is 6.55. The molecule has 1 aromatic rings. The summed E-state index contributed by atoms with van der Waals surface area (Å²) in [5, 5.41) is 2.91. The molecule has 1 aliphatic carbocycles. The summed E-state index contributed by atoms with van der Waals surface area (Å²) in [7, 11) is 1.88. The highest BCUT2D eigenvalue weighted by atomic mass is 32.2. The summed E-state index contributed by atoms with van der Waals surface area (Å²) < 4.78 is 0. The van der Waals surface area contributed by atoms with Crippen molar-refractivity contribution in [3.05, 3.63) is 23.8 Å². The van der Waals surface area contributed by atoms with Gasteiger partial charge in [-0.1, -0.05) is 19.3 Å². The number of nitrogens with zero attached hydrogens (tertiary/aromatic N) is 1. The maximum atomic E-state index is 12.7. The molecule has 1 N–H and O–H groups in total. The van der Waals surface area contributed by atoms with Gasteiger partial charge in [0.25, 0.3) is 5.91 Å². The molecule has 1 fully saturated rings. The van der Waals surface area contributed by atoms with Crippen molar-refractivity contribution in [3.63, 3.8) is 0 Å². The van der Waals surface area contributed by atoms with Gasteiger partial charge in [-0.2, -0.15) is 0 Å². The number of carbonyl (C=O) groups excluding carboxylic acids is 2. The molecular formula is C18H24N2O2S. The van der Waals surface area contributed by atoms with Crippen LogP contribution in [0.25, 0.3) is 0 Å². The van der Waals surface area contributed by atoms with E-state index < -0.39 is 0 Å². The molecule has 0 bridgehead atoms. The lowest BCUT2D eigenvalue weighted by Crippen LogP contribution is -2.32. The molecule has 0 radical (unpaired) electrons. The number of hydrogen-bond acceptors (Lipinski definition) is 3. The van der Waals surface area contributed by atoms with Gasteiger partial charge in [-0.25, -0.2) is 0 Å². The smallest absolute Gasteiger partial charge is 0.253 e. The molecule has 0 unspecified atom stereocenters. The van der Waals surface area contributed by atoms with Crippen molar-refractivity contribution < 1.29 is 9.59 Å². The van der Waals surface area contributed by atoms with Gasteiger partial charge >= 0.3 is 0 Å². The van der Waals surface area contributed by atoms with E-state index in [-0.39, 0.29) is 11.8 Å². The highest BCUT2D eigenvalue weighted by Crippen LogP contribution is 2.32. The summed E-state index contributed by atoms with van der Waals surface area (Å²) in [5.74, 6) is 1.49. The first-order chi connectivity index (χ1) is 11.1. The molecule has 0 saturated heterocycles. The number of rotatable bonds is 3. The summed E-state index contributed by atoms with van der Waals surface area (Å²) in [4.78, 5) is 27.3. The molecular weight excluding hydrogens is 308 g/mol. The molecule has 124 valence electrons. The van der Waals surface area contributed by atoms with Gasteiger partial charge in [0.1, 0.15) is 0 Å². The van der Waals surface area contributed by atoms with Crippen LogP contribution < -0.4 is 5.32 Å². The van der Waals surface area contributed by atoms with Crippen molar-refractivity contribution in [2.45, 2.75) is 43.4 Å². The van der Waals surface area contributed by atoms with Crippen LogP contribution in [0.5, 0.6) is 0 Å². The van der Waals surface area contributed by atoms with Crippen molar-refractivity contribution in [1.82, 2.24) is 4.90 Å². The molecule has 23 heavy (non-hydrogen) atoms. The Hall–Kier alpha value is -1.49. The number of thioether (sulfide) groups is 1. The zero-order valence-electron chi connectivity index (χ0n) is 13.6. The third kappa shape index (κ3) is 4.08. The Morgan fingerprint density at radius 3 is 2.87 bits per heavy atom. The van der Waals surface area contributed by atoms with Gasteiger partial charge in [0.15, 0.2) is 0 Å². The molecule has 1 aliphatic heterocycles. The van der Waals surface area contributed by atoms with Crippen LogP contribution in [-0.4, -0.2) is 36.1 Å². The predicted molar refractivity (Wildman–Crippen MR) is 93.9 cm³/mol. The van der Waals surface area contributed by atoms with Crippen LogP contribution in [0, 0.1) is 5.92 Å². The van der Waals surface area contributed by atoms with Gasteiger partial charge in [0.05, 0.1) is 5.69 Å². The van der Waals surface area contributed by atoms with Crippen LogP contribution in [-0.2, 0) is 4.79 Å². The predicted octanol–water partition coefficient (Wildman–Crippen LogP) is 3.77. The molecule has 3 rings (SSSR count). The lowest BCUT2D eigenvalue weighted by Gasteiger charge is -2.27. The maximum absolute atomic E-state index is 12.7. The molecule has 0 spiro atoms. The minimum atomic E-state index is 0.0245. The zero-order chi connectivity index (χ0) is 16.2. The fraction of sp³-hybridized carbons (Fsp3) is 0.556. The fourth-order valence-corrected chi connectivity index (χ4v) is 4.35. The maximum Gasteiger partial charge on any atom is 0.253 e. The van der Waals surface area contributed by atoms with Crippen molar-refractivity contribution in [1.29, 1.82) is 0 Å². The third-order valence-corrected chi connectivity index (χ3v) is 5.77. The van der Waals surface area contributed by atoms with Crippen molar-refractivity contribution in [2.75, 3.05) is 24.7 Å². The van der Waals surface area contributed by atoms with E-state index in [0.29, 0.717) is 17.9 Å². The molecule has 5 heteroatoms. The SMILES string of the molecule is CN(CC1CCCCC1)C(=O)c1ccc2c(c1)NC(=O)CCS2. The number of carbonyl (C=O) groups is 2. The average Bonchev–Trinajstić information content (AvgIpc) is 2.74. The highest BCUT2D eigenvalue weighted by Gasteiger charge is 2.21. The summed E-state index contributed by atoms with van der Waals surface area (Å²) >= 11 is 1.66. The Morgan fingerprint density at radius 1 is 1.30 bits per heavy atom. The highest BCUT2D eigenvalue weighted by molar-refractivity contribution is 7.99. The summed E-state index contributed by atoms with van der Waals surface area (Å²) in [6.07, 6.45) is 6.88. The average molecular weight is 332 g/mol. The first-order valence-corrected chi connectivity index (χ1v) is 9.44. The lowest BCUT2D eigenvalue weighted by molar-refractivity contribution is -0.115. The Bertz CT molecular complexity index is 597. The molecule has 0 atom stereocenters. The fourth-order valence-electron chi connectivity index (χ4n) is 3.41. The first-order valence-electron chi connectivity index (χ1n) is 8.45. The van der Waals surface area contributed by atoms with Crippen LogP contribution in [0.15, 0.2) is 23.1 Å². The summed E-state index contributed by atoms with van der Waals surface area (Å²) in [5.41, 5.74) is 1.43. The first kappa shape index (κ1) is 16.4. The normalized spacial score (nSPS) is 18.7. The van der Waals surface area contributed by atoms with Crippen molar-refractivity contribution in [2.24, 2.45) is 5.92 Å². The van der Waals surface area contributed by atoms with Gasteiger partial charge < -0.3 is 10.2 Å². The van der Waals surface area contributed by atoms with Crippen LogP contribution >= 0.6 is 11.8 Å². The van der Waals surface area contributed by atoms with E-state index in [4.69, 9.17) is 0 Å². The number of hydrogen-bond donors (Lipinski definition) is 1. The topological polar surface area (TPSA) is 49.4 Å². The van der Waals surface area contributed by atoms with E-state index in [1.54, 1.807) is 11.8 Å². The number of amides is 2. The van der Waals surface area contributed by atoms with E-state index in [1.807, 2.05) is 30.1 Å². The number of anilines is 1. The van der Waals surface area contributed by atoms with Crippen molar-refractivity contribution >= 4 is 29.3 Å². The lowest BCUT2D eigenvalue weighted by atomic mass is 9.89. The number of fused-ring (bicyclic) bond motifs is 1. The van der Waals surface area contributed by atoms with E-state index in [0.717, 1.165) is 22.9 Å². The standard InChI is InChI=1S/C18H24N2O2S/c1-20(12-13-5-3-2-4-6-13)18(22)14-7-8-16-15(11-14)19-17(21)9-10-23-16/h7-8,11,13H,2-6,9-10,12H2,1H3,(H,19,21). The number of benzene rings is 1. The van der Waals surface area contributed by atoms with E-state index in [9.17, 15) is 9.59 Å². The van der Waals surface area contributed by atoms with Gasteiger partial charge in [-0.15, -0.1) is 11.8 Å². The van der Waals surface area contributed by atoms with E-state index in [1.165, 1.54) is 32.1 Å². The second kappa shape index (κ2) is 7.39. The van der Waals surface area contributed by atoms with E-state index in [2.05, 4.69) is 5.32 Å². The van der Waals surface area contributed by atoms with Crippen LogP contribution in [0.4, 0.5) is 5.69 Å². The van der Waals surface area contributed by atoms with Gasteiger partial charge in [-0.3, -0.25) is 9.59 Å². The molecule has 2 amide bonds. The largest absolute Gasteiger partial charge is 0.341 e. The number of nitrogens with one attached hydrogen (secondary N) is 1. The van der Waals surface area contributed by atoms with Gasteiger partial charge in [0.2, 0.25) is 5.91 Å². The van der Waals surface area contributed by atoms with Crippen LogP contribution in [0.1, 0.15) is 48.9 Å². The Labute approximate surface area is 142 Å². The zero-order valence-corrected chi connectivity index (χ0v) is 14.5.